The third kappa shape index (κ3) is 9.85. The third-order valence-electron chi connectivity index (χ3n) is 8.20. The monoisotopic (exact) mass is 653 g/mol. The van der Waals surface area contributed by atoms with E-state index in [1.54, 1.807) is 26.4 Å². The highest BCUT2D eigenvalue weighted by Crippen LogP contribution is 2.30. The highest BCUT2D eigenvalue weighted by molar-refractivity contribution is 5.89. The van der Waals surface area contributed by atoms with Crippen LogP contribution in [0.1, 0.15) is 44.9 Å². The number of piperidine rings is 1. The molecule has 5 N–H and O–H groups in total. The van der Waals surface area contributed by atoms with Gasteiger partial charge in [0, 0.05) is 35.3 Å². The van der Waals surface area contributed by atoms with Gasteiger partial charge in [-0.05, 0) is 63.0 Å². The molecule has 2 aromatic heterocycles. The fraction of sp³-hybridized carbons (Fsp3) is 0.371. The summed E-state index contributed by atoms with van der Waals surface area (Å²) in [6, 6.07) is 18.7. The molecule has 0 radical (unpaired) electrons. The van der Waals surface area contributed by atoms with Crippen molar-refractivity contribution in [2.45, 2.75) is 57.0 Å². The number of aromatic nitrogens is 4. The Labute approximate surface area is 280 Å². The summed E-state index contributed by atoms with van der Waals surface area (Å²) in [4.78, 5) is 41.1. The van der Waals surface area contributed by atoms with Crippen LogP contribution in [0.3, 0.4) is 0 Å². The zero-order chi connectivity index (χ0) is 33.6. The van der Waals surface area contributed by atoms with E-state index in [1.807, 2.05) is 48.5 Å². The number of rotatable bonds is 8. The molecular formula is C35H43N9O4. The third-order valence-corrected chi connectivity index (χ3v) is 8.20. The van der Waals surface area contributed by atoms with Gasteiger partial charge in [-0.25, -0.2) is 29.5 Å². The molecule has 0 bridgehead atoms. The van der Waals surface area contributed by atoms with Crippen LogP contribution in [0.2, 0.25) is 0 Å². The van der Waals surface area contributed by atoms with Gasteiger partial charge in [0.2, 0.25) is 0 Å². The van der Waals surface area contributed by atoms with Crippen molar-refractivity contribution in [3.63, 3.8) is 0 Å². The molecule has 3 heterocycles. The summed E-state index contributed by atoms with van der Waals surface area (Å²) >= 11 is 0. The Kier molecular flexibility index (Phi) is 12.5. The number of para-hydroxylation sites is 2. The lowest BCUT2D eigenvalue weighted by atomic mass is 9.96. The Morgan fingerprint density at radius 2 is 1.10 bits per heavy atom. The molecule has 252 valence electrons. The Hall–Kier alpha value is -5.30. The highest BCUT2D eigenvalue weighted by Gasteiger charge is 2.17. The van der Waals surface area contributed by atoms with Crippen LogP contribution in [-0.2, 0) is 0 Å². The lowest BCUT2D eigenvalue weighted by Gasteiger charge is -2.23. The number of methoxy groups -OCH3 is 2. The predicted molar refractivity (Wildman–Crippen MR) is 185 cm³/mol. The van der Waals surface area contributed by atoms with Crippen molar-refractivity contribution in [2.75, 3.05) is 37.9 Å². The van der Waals surface area contributed by atoms with E-state index in [9.17, 15) is 9.59 Å². The van der Waals surface area contributed by atoms with Gasteiger partial charge >= 0.3 is 12.1 Å². The molecule has 2 fully saturated rings. The number of hydrogen-bond acceptors (Lipinski definition) is 9. The van der Waals surface area contributed by atoms with Gasteiger partial charge in [-0.15, -0.1) is 0 Å². The maximum absolute atomic E-state index is 12.1. The van der Waals surface area contributed by atoms with E-state index in [2.05, 4.69) is 46.5 Å². The average Bonchev–Trinajstić information content (AvgIpc) is 3.13. The lowest BCUT2D eigenvalue weighted by Crippen LogP contribution is -2.44. The highest BCUT2D eigenvalue weighted by atomic mass is 16.5. The van der Waals surface area contributed by atoms with E-state index in [0.717, 1.165) is 61.4 Å². The number of amides is 4. The predicted octanol–water partition coefficient (Wildman–Crippen LogP) is 5.63. The molecule has 1 saturated carbocycles. The molecule has 0 unspecified atom stereocenters. The minimum Gasteiger partial charge on any atom is -0.496 e. The van der Waals surface area contributed by atoms with E-state index < -0.39 is 0 Å². The first-order chi connectivity index (χ1) is 23.5. The molecule has 0 spiro atoms. The van der Waals surface area contributed by atoms with Gasteiger partial charge < -0.3 is 25.4 Å². The van der Waals surface area contributed by atoms with Crippen molar-refractivity contribution >= 4 is 23.7 Å². The molecule has 1 aliphatic heterocycles. The first-order valence-electron chi connectivity index (χ1n) is 16.3. The molecule has 2 aromatic carbocycles. The van der Waals surface area contributed by atoms with E-state index in [-0.39, 0.29) is 24.1 Å². The van der Waals surface area contributed by atoms with Crippen molar-refractivity contribution in [3.8, 4) is 34.0 Å². The molecule has 2 aliphatic rings. The van der Waals surface area contributed by atoms with Crippen LogP contribution in [0.4, 0.5) is 21.2 Å². The van der Waals surface area contributed by atoms with Crippen molar-refractivity contribution < 1.29 is 19.1 Å². The quantitative estimate of drug-likeness (QED) is 0.162. The summed E-state index contributed by atoms with van der Waals surface area (Å²) in [7, 11) is 3.24. The minimum atomic E-state index is -0.244. The Morgan fingerprint density at radius 3 is 1.58 bits per heavy atom. The molecule has 48 heavy (non-hydrogen) atoms. The molecule has 1 saturated heterocycles. The van der Waals surface area contributed by atoms with Crippen LogP contribution in [0.5, 0.6) is 11.5 Å². The maximum Gasteiger partial charge on any atom is 0.320 e. The second-order valence-electron chi connectivity index (χ2n) is 11.5. The normalized spacial score (nSPS) is 14.9. The number of nitrogens with one attached hydrogen (secondary N) is 5. The number of carbonyl (C=O) groups is 2. The number of ether oxygens (including phenoxy) is 2. The van der Waals surface area contributed by atoms with Gasteiger partial charge in [0.25, 0.3) is 0 Å². The van der Waals surface area contributed by atoms with Crippen molar-refractivity contribution in [1.82, 2.24) is 35.9 Å². The van der Waals surface area contributed by atoms with Gasteiger partial charge in [-0.3, -0.25) is 10.6 Å². The van der Waals surface area contributed by atoms with Crippen LogP contribution in [0.15, 0.2) is 73.3 Å². The van der Waals surface area contributed by atoms with Crippen molar-refractivity contribution in [2.24, 2.45) is 0 Å². The summed E-state index contributed by atoms with van der Waals surface area (Å²) < 4.78 is 10.7. The second kappa shape index (κ2) is 17.6. The zero-order valence-corrected chi connectivity index (χ0v) is 27.4. The molecule has 13 nitrogen and oxygen atoms in total. The fourth-order valence-corrected chi connectivity index (χ4v) is 5.75. The lowest BCUT2D eigenvalue weighted by molar-refractivity contribution is 0.243. The number of carbonyl (C=O) groups excluding carboxylic acids is 2. The number of urea groups is 2. The Balaban J connectivity index is 0.000000188. The standard InChI is InChI=1S/C18H22N4O2.C17H21N5O2/c1-24-16-10-6-5-9-14(16)15-11-17(20-12-19-15)22-18(23)21-13-7-3-2-4-8-13;1-24-15-5-3-2-4-13(15)14-10-16(20-11-19-14)22-17(23)21-12-6-8-18-9-7-12/h5-6,9-13H,2-4,7-8H2,1H3,(H2,19,20,21,22,23);2-5,10-12,18H,6-9H2,1H3,(H2,19,20,21,22,23). The maximum atomic E-state index is 12.1. The van der Waals surface area contributed by atoms with Gasteiger partial charge in [-0.1, -0.05) is 43.5 Å². The smallest absolute Gasteiger partial charge is 0.320 e. The van der Waals surface area contributed by atoms with Crippen LogP contribution < -0.4 is 36.1 Å². The second-order valence-corrected chi connectivity index (χ2v) is 11.5. The Morgan fingerprint density at radius 1 is 0.646 bits per heavy atom. The molecule has 1 aliphatic carbocycles. The van der Waals surface area contributed by atoms with Gasteiger partial charge in [0.1, 0.15) is 35.8 Å². The van der Waals surface area contributed by atoms with Gasteiger partial charge in [0.05, 0.1) is 25.6 Å². The minimum absolute atomic E-state index is 0.196. The molecule has 0 atom stereocenters. The number of hydrogen-bond donors (Lipinski definition) is 5. The zero-order valence-electron chi connectivity index (χ0n) is 27.4. The Bertz CT molecular complexity index is 1520. The summed E-state index contributed by atoms with van der Waals surface area (Å²) in [5.41, 5.74) is 3.11. The van der Waals surface area contributed by atoms with Crippen LogP contribution in [-0.4, -0.2) is 71.4 Å². The van der Waals surface area contributed by atoms with Crippen molar-refractivity contribution in [1.29, 1.82) is 0 Å². The molecule has 4 amide bonds. The molecular weight excluding hydrogens is 610 g/mol. The fourth-order valence-electron chi connectivity index (χ4n) is 5.75. The van der Waals surface area contributed by atoms with E-state index in [0.29, 0.717) is 23.0 Å². The van der Waals surface area contributed by atoms with E-state index in [1.165, 1.54) is 31.9 Å². The SMILES string of the molecule is COc1ccccc1-c1cc(NC(=O)NC2CCCCC2)ncn1.COc1ccccc1-c1cc(NC(=O)NC2CCNCC2)ncn1. The van der Waals surface area contributed by atoms with Crippen molar-refractivity contribution in [3.05, 3.63) is 73.3 Å². The van der Waals surface area contributed by atoms with Crippen LogP contribution in [0, 0.1) is 0 Å². The van der Waals surface area contributed by atoms with Gasteiger partial charge in [0.15, 0.2) is 0 Å². The van der Waals surface area contributed by atoms with Crippen LogP contribution >= 0.6 is 0 Å². The first-order valence-corrected chi connectivity index (χ1v) is 16.3. The van der Waals surface area contributed by atoms with Gasteiger partial charge in [-0.2, -0.15) is 0 Å². The first kappa shape index (κ1) is 34.0. The van der Waals surface area contributed by atoms with Crippen LogP contribution in [0.25, 0.3) is 22.5 Å². The summed E-state index contributed by atoms with van der Waals surface area (Å²) in [6.07, 6.45) is 10.4. The molecule has 13 heteroatoms. The molecule has 6 rings (SSSR count). The molecule has 4 aromatic rings. The largest absolute Gasteiger partial charge is 0.496 e. The number of benzene rings is 2. The summed E-state index contributed by atoms with van der Waals surface area (Å²) in [6.45, 7) is 1.85. The topological polar surface area (TPSA) is 164 Å². The summed E-state index contributed by atoms with van der Waals surface area (Å²) in [5, 5.41) is 14.8. The van der Waals surface area contributed by atoms with E-state index >= 15 is 0 Å². The van der Waals surface area contributed by atoms with E-state index in [4.69, 9.17) is 9.47 Å². The summed E-state index contributed by atoms with van der Waals surface area (Å²) in [5.74, 6) is 2.38. The number of anilines is 2. The average molecular weight is 654 g/mol. The number of nitrogens with zero attached hydrogens (tertiary/aromatic N) is 4.